The van der Waals surface area contributed by atoms with Crippen LogP contribution in [0.1, 0.15) is 33.6 Å². The van der Waals surface area contributed by atoms with Crippen LogP contribution in [0.2, 0.25) is 5.02 Å². The number of carbonyl (C=O) groups is 2. The average Bonchev–Trinajstić information content (AvgIpc) is 2.61. The van der Waals surface area contributed by atoms with Gasteiger partial charge in [0.15, 0.2) is 0 Å². The number of benzene rings is 2. The van der Waals surface area contributed by atoms with E-state index in [1.165, 1.54) is 30.3 Å². The maximum absolute atomic E-state index is 13.8. The summed E-state index contributed by atoms with van der Waals surface area (Å²) in [5, 5.41) is 21.8. The number of rotatable bonds is 3. The molecule has 3 rings (SSSR count). The molecule has 0 unspecified atom stereocenters. The Bertz CT molecular complexity index is 842. The van der Waals surface area contributed by atoms with Gasteiger partial charge < -0.3 is 20.4 Å². The van der Waals surface area contributed by atoms with Gasteiger partial charge in [0, 0.05) is 30.8 Å². The van der Waals surface area contributed by atoms with Crippen LogP contribution in [0.4, 0.5) is 4.39 Å². The van der Waals surface area contributed by atoms with Crippen molar-refractivity contribution < 1.29 is 24.2 Å². The highest BCUT2D eigenvalue weighted by molar-refractivity contribution is 6.33. The molecule has 1 aliphatic heterocycles. The third-order valence-corrected chi connectivity index (χ3v) is 4.77. The highest BCUT2D eigenvalue weighted by Crippen LogP contribution is 2.23. The van der Waals surface area contributed by atoms with Gasteiger partial charge in [-0.1, -0.05) is 17.7 Å². The fraction of sp³-hybridized carbons (Fsp3) is 0.263. The van der Waals surface area contributed by atoms with E-state index >= 15 is 0 Å². The topological polar surface area (TPSA) is 89.9 Å². The Morgan fingerprint density at radius 1 is 1.11 bits per heavy atom. The zero-order valence-electron chi connectivity index (χ0n) is 14.3. The number of nitrogens with one attached hydrogen (secondary N) is 1. The Hall–Kier alpha value is -2.80. The van der Waals surface area contributed by atoms with E-state index < -0.39 is 11.7 Å². The van der Waals surface area contributed by atoms with Crippen LogP contribution in [0.3, 0.4) is 0 Å². The standard InChI is InChI=1S/C19H18ClFN2O4/c20-15-2-1-3-16(21)17(15)18(26)22-12-4-6-23(7-5-12)19(27)11-8-13(24)10-14(25)9-11/h1-3,8-10,12,24-25H,4-7H2,(H,22,26). The monoisotopic (exact) mass is 392 g/mol. The van der Waals surface area contributed by atoms with E-state index in [1.54, 1.807) is 4.90 Å². The number of hydrogen-bond donors (Lipinski definition) is 3. The molecule has 27 heavy (non-hydrogen) atoms. The average molecular weight is 393 g/mol. The second kappa shape index (κ2) is 7.84. The van der Waals surface area contributed by atoms with Crippen LogP contribution in [0.15, 0.2) is 36.4 Å². The minimum atomic E-state index is -0.684. The molecule has 3 N–H and O–H groups in total. The summed E-state index contributed by atoms with van der Waals surface area (Å²) >= 11 is 5.91. The van der Waals surface area contributed by atoms with E-state index in [2.05, 4.69) is 5.32 Å². The van der Waals surface area contributed by atoms with E-state index in [9.17, 15) is 24.2 Å². The van der Waals surface area contributed by atoms with Gasteiger partial charge in [-0.2, -0.15) is 0 Å². The lowest BCUT2D eigenvalue weighted by atomic mass is 10.0. The zero-order chi connectivity index (χ0) is 19.6. The minimum Gasteiger partial charge on any atom is -0.508 e. The van der Waals surface area contributed by atoms with Gasteiger partial charge in [-0.05, 0) is 37.1 Å². The number of nitrogens with zero attached hydrogens (tertiary/aromatic N) is 1. The maximum Gasteiger partial charge on any atom is 0.255 e. The summed E-state index contributed by atoms with van der Waals surface area (Å²) in [6.07, 6.45) is 0.989. The Labute approximate surface area is 160 Å². The first kappa shape index (κ1) is 19.0. The smallest absolute Gasteiger partial charge is 0.255 e. The summed E-state index contributed by atoms with van der Waals surface area (Å²) in [7, 11) is 0. The van der Waals surface area contributed by atoms with Crippen molar-refractivity contribution in [3.8, 4) is 11.5 Å². The number of carbonyl (C=O) groups excluding carboxylic acids is 2. The van der Waals surface area contributed by atoms with Gasteiger partial charge in [0.1, 0.15) is 17.3 Å². The first-order valence-corrected chi connectivity index (χ1v) is 8.80. The molecule has 0 spiro atoms. The Kier molecular flexibility index (Phi) is 5.51. The first-order chi connectivity index (χ1) is 12.8. The van der Waals surface area contributed by atoms with E-state index in [0.717, 1.165) is 6.07 Å². The van der Waals surface area contributed by atoms with Gasteiger partial charge in [-0.25, -0.2) is 4.39 Å². The molecule has 1 saturated heterocycles. The summed E-state index contributed by atoms with van der Waals surface area (Å²) in [5.74, 6) is -1.97. The van der Waals surface area contributed by atoms with Crippen molar-refractivity contribution in [3.63, 3.8) is 0 Å². The van der Waals surface area contributed by atoms with Crippen LogP contribution in [-0.2, 0) is 0 Å². The number of piperidine rings is 1. The van der Waals surface area contributed by atoms with Crippen LogP contribution in [0, 0.1) is 5.82 Å². The van der Waals surface area contributed by atoms with Crippen molar-refractivity contribution in [3.05, 3.63) is 58.4 Å². The van der Waals surface area contributed by atoms with Crippen LogP contribution in [0.5, 0.6) is 11.5 Å². The molecule has 0 saturated carbocycles. The second-order valence-electron chi connectivity index (χ2n) is 6.37. The lowest BCUT2D eigenvalue weighted by Gasteiger charge is -2.32. The summed E-state index contributed by atoms with van der Waals surface area (Å²) in [6.45, 7) is 0.760. The summed E-state index contributed by atoms with van der Waals surface area (Å²) in [5.41, 5.74) is 0.000956. The van der Waals surface area contributed by atoms with Gasteiger partial charge in [-0.15, -0.1) is 0 Å². The molecule has 2 amide bonds. The SMILES string of the molecule is O=C(NC1CCN(C(=O)c2cc(O)cc(O)c2)CC1)c1c(F)cccc1Cl. The molecule has 1 heterocycles. The van der Waals surface area contributed by atoms with Crippen molar-refractivity contribution in [2.75, 3.05) is 13.1 Å². The van der Waals surface area contributed by atoms with Crippen LogP contribution >= 0.6 is 11.6 Å². The molecule has 0 aromatic heterocycles. The second-order valence-corrected chi connectivity index (χ2v) is 6.78. The maximum atomic E-state index is 13.8. The number of hydrogen-bond acceptors (Lipinski definition) is 4. The highest BCUT2D eigenvalue weighted by atomic mass is 35.5. The summed E-state index contributed by atoms with van der Waals surface area (Å²) in [6, 6.07) is 7.56. The molecular formula is C19H18ClFN2O4. The largest absolute Gasteiger partial charge is 0.508 e. The number of amides is 2. The molecule has 8 heteroatoms. The number of phenolic OH excluding ortho intramolecular Hbond substituents is 2. The van der Waals surface area contributed by atoms with Crippen LogP contribution in [-0.4, -0.2) is 46.1 Å². The number of aromatic hydroxyl groups is 2. The summed E-state index contributed by atoms with van der Waals surface area (Å²) < 4.78 is 13.8. The Balaban J connectivity index is 1.60. The fourth-order valence-electron chi connectivity index (χ4n) is 3.10. The molecule has 2 aromatic carbocycles. The zero-order valence-corrected chi connectivity index (χ0v) is 15.0. The molecule has 0 radical (unpaired) electrons. The van der Waals surface area contributed by atoms with Crippen molar-refractivity contribution in [1.29, 1.82) is 0 Å². The molecular weight excluding hydrogens is 375 g/mol. The van der Waals surface area contributed by atoms with Gasteiger partial charge >= 0.3 is 0 Å². The lowest BCUT2D eigenvalue weighted by molar-refractivity contribution is 0.0697. The van der Waals surface area contributed by atoms with E-state index in [-0.39, 0.29) is 39.6 Å². The number of likely N-dealkylation sites (tertiary alicyclic amines) is 1. The van der Waals surface area contributed by atoms with Crippen LogP contribution in [0.25, 0.3) is 0 Å². The first-order valence-electron chi connectivity index (χ1n) is 8.42. The van der Waals surface area contributed by atoms with Gasteiger partial charge in [0.2, 0.25) is 0 Å². The number of halogens is 2. The lowest BCUT2D eigenvalue weighted by Crippen LogP contribution is -2.46. The molecule has 6 nitrogen and oxygen atoms in total. The van der Waals surface area contributed by atoms with Crippen molar-refractivity contribution in [1.82, 2.24) is 10.2 Å². The molecule has 1 aliphatic rings. The molecule has 0 bridgehead atoms. The molecule has 0 atom stereocenters. The third kappa shape index (κ3) is 4.31. The minimum absolute atomic E-state index is 0.0452. The van der Waals surface area contributed by atoms with Crippen LogP contribution < -0.4 is 5.32 Å². The van der Waals surface area contributed by atoms with Gasteiger partial charge in [-0.3, -0.25) is 9.59 Å². The van der Waals surface area contributed by atoms with Crippen molar-refractivity contribution >= 4 is 23.4 Å². The van der Waals surface area contributed by atoms with Crippen molar-refractivity contribution in [2.24, 2.45) is 0 Å². The highest BCUT2D eigenvalue weighted by Gasteiger charge is 2.26. The number of phenols is 2. The van der Waals surface area contributed by atoms with Crippen molar-refractivity contribution in [2.45, 2.75) is 18.9 Å². The molecule has 142 valence electrons. The molecule has 2 aromatic rings. The third-order valence-electron chi connectivity index (χ3n) is 4.46. The summed E-state index contributed by atoms with van der Waals surface area (Å²) in [4.78, 5) is 26.4. The van der Waals surface area contributed by atoms with E-state index in [0.29, 0.717) is 25.9 Å². The predicted octanol–water partition coefficient (Wildman–Crippen LogP) is 2.92. The quantitative estimate of drug-likeness (QED) is 0.749. The fourth-order valence-corrected chi connectivity index (χ4v) is 3.35. The predicted molar refractivity (Wildman–Crippen MR) is 97.6 cm³/mol. The van der Waals surface area contributed by atoms with E-state index in [4.69, 9.17) is 11.6 Å². The molecule has 1 fully saturated rings. The van der Waals surface area contributed by atoms with E-state index in [1.807, 2.05) is 0 Å². The molecule has 0 aliphatic carbocycles. The Morgan fingerprint density at radius 2 is 1.74 bits per heavy atom. The van der Waals surface area contributed by atoms with Gasteiger partial charge in [0.25, 0.3) is 11.8 Å². The Morgan fingerprint density at radius 3 is 2.33 bits per heavy atom. The van der Waals surface area contributed by atoms with Gasteiger partial charge in [0.05, 0.1) is 10.6 Å². The normalized spacial score (nSPS) is 14.8.